The van der Waals surface area contributed by atoms with Crippen molar-refractivity contribution >= 4 is 35.6 Å². The maximum Gasteiger partial charge on any atom is 0.180 e. The standard InChI is InChI=1S/C24H25Cl2NO3.ClH/c1-2-29-23-13-18(14-27-15-22(28)19-6-4-3-5-7-19)12-21(26)24(23)30-16-17-8-10-20(25)11-9-17;/h3-13,22,27-28H,2,14-16H2,1H3;1H. The molecule has 0 aliphatic carbocycles. The Morgan fingerprint density at radius 1 is 0.935 bits per heavy atom. The van der Waals surface area contributed by atoms with Crippen molar-refractivity contribution < 1.29 is 14.6 Å². The second-order valence-electron chi connectivity index (χ2n) is 6.81. The number of nitrogens with one attached hydrogen (secondary N) is 1. The molecule has 0 saturated heterocycles. The summed E-state index contributed by atoms with van der Waals surface area (Å²) in [5, 5.41) is 14.7. The van der Waals surface area contributed by atoms with Gasteiger partial charge in [0.25, 0.3) is 0 Å². The third-order valence-corrected chi connectivity index (χ3v) is 5.05. The Morgan fingerprint density at radius 3 is 2.32 bits per heavy atom. The minimum Gasteiger partial charge on any atom is -0.490 e. The quantitative estimate of drug-likeness (QED) is 0.360. The summed E-state index contributed by atoms with van der Waals surface area (Å²) in [4.78, 5) is 0. The van der Waals surface area contributed by atoms with Gasteiger partial charge in [0.2, 0.25) is 0 Å². The van der Waals surface area contributed by atoms with E-state index in [0.717, 1.165) is 16.7 Å². The van der Waals surface area contributed by atoms with Gasteiger partial charge >= 0.3 is 0 Å². The van der Waals surface area contributed by atoms with E-state index in [1.165, 1.54) is 0 Å². The molecule has 0 fully saturated rings. The maximum atomic E-state index is 10.3. The van der Waals surface area contributed by atoms with Gasteiger partial charge < -0.3 is 19.9 Å². The zero-order chi connectivity index (χ0) is 21.3. The maximum absolute atomic E-state index is 10.3. The van der Waals surface area contributed by atoms with E-state index in [0.29, 0.717) is 47.8 Å². The molecule has 31 heavy (non-hydrogen) atoms. The minimum atomic E-state index is -0.574. The van der Waals surface area contributed by atoms with E-state index < -0.39 is 6.10 Å². The molecule has 0 aliphatic rings. The highest BCUT2D eigenvalue weighted by Gasteiger charge is 2.14. The number of benzene rings is 3. The molecule has 1 atom stereocenters. The molecular formula is C24H26Cl3NO3. The van der Waals surface area contributed by atoms with E-state index in [9.17, 15) is 5.11 Å². The number of ether oxygens (including phenoxy) is 2. The number of aliphatic hydroxyl groups excluding tert-OH is 1. The lowest BCUT2D eigenvalue weighted by molar-refractivity contribution is 0.174. The van der Waals surface area contributed by atoms with Crippen LogP contribution in [-0.4, -0.2) is 18.3 Å². The monoisotopic (exact) mass is 481 g/mol. The van der Waals surface area contributed by atoms with Crippen LogP contribution < -0.4 is 14.8 Å². The fourth-order valence-electron chi connectivity index (χ4n) is 3.01. The Bertz CT molecular complexity index is 937. The molecule has 3 aromatic rings. The first-order valence-corrected chi connectivity index (χ1v) is 10.6. The van der Waals surface area contributed by atoms with Crippen LogP contribution in [0.25, 0.3) is 0 Å². The van der Waals surface area contributed by atoms with Crippen molar-refractivity contribution in [3.8, 4) is 11.5 Å². The summed E-state index contributed by atoms with van der Waals surface area (Å²) in [5.74, 6) is 1.11. The lowest BCUT2D eigenvalue weighted by Gasteiger charge is -2.16. The molecule has 0 aromatic heterocycles. The van der Waals surface area contributed by atoms with Crippen molar-refractivity contribution in [3.63, 3.8) is 0 Å². The van der Waals surface area contributed by atoms with Crippen molar-refractivity contribution in [2.24, 2.45) is 0 Å². The van der Waals surface area contributed by atoms with E-state index in [4.69, 9.17) is 32.7 Å². The summed E-state index contributed by atoms with van der Waals surface area (Å²) in [6.07, 6.45) is -0.574. The number of hydrogen-bond donors (Lipinski definition) is 2. The molecule has 0 radical (unpaired) electrons. The molecule has 1 unspecified atom stereocenters. The van der Waals surface area contributed by atoms with Crippen molar-refractivity contribution in [3.05, 3.63) is 93.5 Å². The Balaban J connectivity index is 0.00000341. The topological polar surface area (TPSA) is 50.7 Å². The number of halogens is 3. The summed E-state index contributed by atoms with van der Waals surface area (Å²) < 4.78 is 11.7. The zero-order valence-corrected chi connectivity index (χ0v) is 19.5. The molecule has 0 bridgehead atoms. The van der Waals surface area contributed by atoms with E-state index >= 15 is 0 Å². The number of rotatable bonds is 10. The number of hydrogen-bond acceptors (Lipinski definition) is 4. The normalized spacial score (nSPS) is 11.5. The van der Waals surface area contributed by atoms with E-state index in [1.807, 2.05) is 73.7 Å². The molecule has 4 nitrogen and oxygen atoms in total. The summed E-state index contributed by atoms with van der Waals surface area (Å²) in [6.45, 7) is 3.74. The first kappa shape index (κ1) is 25.3. The molecule has 166 valence electrons. The van der Waals surface area contributed by atoms with Gasteiger partial charge in [-0.3, -0.25) is 0 Å². The zero-order valence-electron chi connectivity index (χ0n) is 17.2. The summed E-state index contributed by atoms with van der Waals surface area (Å²) >= 11 is 12.4. The third-order valence-electron chi connectivity index (χ3n) is 4.52. The van der Waals surface area contributed by atoms with Gasteiger partial charge in [-0.25, -0.2) is 0 Å². The van der Waals surface area contributed by atoms with Crippen LogP contribution in [0, 0.1) is 0 Å². The first-order chi connectivity index (χ1) is 14.6. The van der Waals surface area contributed by atoms with Crippen LogP contribution >= 0.6 is 35.6 Å². The highest BCUT2D eigenvalue weighted by molar-refractivity contribution is 6.32. The smallest absolute Gasteiger partial charge is 0.180 e. The molecule has 0 heterocycles. The average Bonchev–Trinajstić information content (AvgIpc) is 2.75. The van der Waals surface area contributed by atoms with Gasteiger partial charge in [0, 0.05) is 18.1 Å². The fourth-order valence-corrected chi connectivity index (χ4v) is 3.42. The van der Waals surface area contributed by atoms with Crippen LogP contribution in [0.5, 0.6) is 11.5 Å². The average molecular weight is 483 g/mol. The van der Waals surface area contributed by atoms with E-state index in [1.54, 1.807) is 0 Å². The van der Waals surface area contributed by atoms with Crippen molar-refractivity contribution in [2.75, 3.05) is 13.2 Å². The van der Waals surface area contributed by atoms with Crippen LogP contribution in [0.4, 0.5) is 0 Å². The third kappa shape index (κ3) is 7.60. The second-order valence-corrected chi connectivity index (χ2v) is 7.65. The molecule has 0 saturated carbocycles. The van der Waals surface area contributed by atoms with Crippen molar-refractivity contribution in [2.45, 2.75) is 26.2 Å². The summed E-state index contributed by atoms with van der Waals surface area (Å²) in [5.41, 5.74) is 2.81. The second kappa shape index (κ2) is 12.8. The molecule has 0 spiro atoms. The van der Waals surface area contributed by atoms with Gasteiger partial charge in [-0.1, -0.05) is 65.7 Å². The molecule has 3 rings (SSSR count). The van der Waals surface area contributed by atoms with Gasteiger partial charge in [-0.05, 0) is 47.9 Å². The van der Waals surface area contributed by atoms with Crippen LogP contribution in [0.1, 0.15) is 29.7 Å². The van der Waals surface area contributed by atoms with Gasteiger partial charge in [-0.15, -0.1) is 12.4 Å². The van der Waals surface area contributed by atoms with Crippen molar-refractivity contribution in [1.29, 1.82) is 0 Å². The molecule has 2 N–H and O–H groups in total. The summed E-state index contributed by atoms with van der Waals surface area (Å²) in [6, 6.07) is 20.8. The number of aliphatic hydroxyl groups is 1. The first-order valence-electron chi connectivity index (χ1n) is 9.83. The van der Waals surface area contributed by atoms with E-state index in [2.05, 4.69) is 5.32 Å². The van der Waals surface area contributed by atoms with Gasteiger partial charge in [0.1, 0.15) is 6.61 Å². The predicted molar refractivity (Wildman–Crippen MR) is 129 cm³/mol. The van der Waals surface area contributed by atoms with Crippen LogP contribution in [0.2, 0.25) is 10.0 Å². The van der Waals surface area contributed by atoms with Crippen LogP contribution in [0.15, 0.2) is 66.7 Å². The lowest BCUT2D eigenvalue weighted by atomic mass is 10.1. The van der Waals surface area contributed by atoms with Crippen LogP contribution in [0.3, 0.4) is 0 Å². The Kier molecular flexibility index (Phi) is 10.4. The molecule has 7 heteroatoms. The largest absolute Gasteiger partial charge is 0.490 e. The molecular weight excluding hydrogens is 457 g/mol. The highest BCUT2D eigenvalue weighted by Crippen LogP contribution is 2.37. The fraction of sp³-hybridized carbons (Fsp3) is 0.250. The SMILES string of the molecule is CCOc1cc(CNCC(O)c2ccccc2)cc(Cl)c1OCc1ccc(Cl)cc1.Cl. The van der Waals surface area contributed by atoms with Gasteiger partial charge in [-0.2, -0.15) is 0 Å². The van der Waals surface area contributed by atoms with Crippen molar-refractivity contribution in [1.82, 2.24) is 5.32 Å². The highest BCUT2D eigenvalue weighted by atomic mass is 35.5. The Labute approximate surface area is 199 Å². The van der Waals surface area contributed by atoms with Gasteiger partial charge in [0.05, 0.1) is 17.7 Å². The summed E-state index contributed by atoms with van der Waals surface area (Å²) in [7, 11) is 0. The molecule has 0 amide bonds. The molecule has 0 aliphatic heterocycles. The van der Waals surface area contributed by atoms with Gasteiger partial charge in [0.15, 0.2) is 11.5 Å². The predicted octanol–water partition coefficient (Wildman–Crippen LogP) is 6.22. The minimum absolute atomic E-state index is 0. The Hall–Kier alpha value is -1.95. The lowest BCUT2D eigenvalue weighted by Crippen LogP contribution is -2.21. The van der Waals surface area contributed by atoms with Crippen LogP contribution in [-0.2, 0) is 13.2 Å². The van der Waals surface area contributed by atoms with E-state index in [-0.39, 0.29) is 12.4 Å². The molecule has 3 aromatic carbocycles. The Morgan fingerprint density at radius 2 is 1.65 bits per heavy atom.